The van der Waals surface area contributed by atoms with Gasteiger partial charge in [0.05, 0.1) is 5.69 Å². The van der Waals surface area contributed by atoms with Gasteiger partial charge < -0.3 is 0 Å². The zero-order valence-corrected chi connectivity index (χ0v) is 8.58. The summed E-state index contributed by atoms with van der Waals surface area (Å²) in [7, 11) is 1.79. The Morgan fingerprint density at radius 3 is 2.58 bits per heavy atom. The van der Waals surface area contributed by atoms with Crippen LogP contribution in [0.5, 0.6) is 0 Å². The van der Waals surface area contributed by atoms with Crippen molar-refractivity contribution in [2.75, 3.05) is 5.88 Å². The lowest BCUT2D eigenvalue weighted by Gasteiger charge is -1.99. The summed E-state index contributed by atoms with van der Waals surface area (Å²) in [6, 6.07) is 0. The number of aryl methyl sites for hydroxylation is 2. The smallest absolute Gasteiger partial charge is 0.134 e. The van der Waals surface area contributed by atoms with Crippen LogP contribution in [-0.2, 0) is 7.05 Å². The summed E-state index contributed by atoms with van der Waals surface area (Å²) in [5.74, 6) is 0.381. The zero-order chi connectivity index (χ0) is 9.30. The Hall–Kier alpha value is -0.470. The molecule has 66 valence electrons. The predicted molar refractivity (Wildman–Crippen MR) is 52.7 cm³/mol. The fraction of sp³-hybridized carbons (Fsp3) is 0.375. The molecular formula is C8H10Cl2N2. The maximum absolute atomic E-state index is 5.97. The van der Waals surface area contributed by atoms with E-state index in [-0.39, 0.29) is 0 Å². The van der Waals surface area contributed by atoms with Crippen LogP contribution < -0.4 is 0 Å². The van der Waals surface area contributed by atoms with Crippen LogP contribution in [0.15, 0.2) is 6.58 Å². The molecule has 0 aliphatic heterocycles. The number of aromatic nitrogens is 2. The van der Waals surface area contributed by atoms with E-state index in [4.69, 9.17) is 23.2 Å². The second-order valence-electron chi connectivity index (χ2n) is 2.61. The summed E-state index contributed by atoms with van der Waals surface area (Å²) in [6.07, 6.45) is 0. The number of nitrogens with zero attached hydrogens (tertiary/aromatic N) is 2. The van der Waals surface area contributed by atoms with Gasteiger partial charge in [0.25, 0.3) is 0 Å². The minimum atomic E-state index is 0.381. The minimum absolute atomic E-state index is 0.381. The highest BCUT2D eigenvalue weighted by atomic mass is 35.5. The van der Waals surface area contributed by atoms with Gasteiger partial charge in [-0.1, -0.05) is 18.2 Å². The van der Waals surface area contributed by atoms with Gasteiger partial charge in [-0.2, -0.15) is 5.10 Å². The fourth-order valence-electron chi connectivity index (χ4n) is 1.10. The molecule has 4 heteroatoms. The Balaban J connectivity index is 3.22. The van der Waals surface area contributed by atoms with Gasteiger partial charge in [-0.25, -0.2) is 0 Å². The van der Waals surface area contributed by atoms with Crippen molar-refractivity contribution in [3.05, 3.63) is 23.0 Å². The molecule has 12 heavy (non-hydrogen) atoms. The van der Waals surface area contributed by atoms with Crippen LogP contribution >= 0.6 is 23.2 Å². The van der Waals surface area contributed by atoms with E-state index >= 15 is 0 Å². The van der Waals surface area contributed by atoms with Gasteiger partial charge in [0.15, 0.2) is 0 Å². The topological polar surface area (TPSA) is 17.8 Å². The molecule has 0 aliphatic rings. The lowest BCUT2D eigenvalue weighted by Crippen LogP contribution is -1.89. The normalized spacial score (nSPS) is 10.3. The average Bonchev–Trinajstić information content (AvgIpc) is 2.26. The molecule has 2 nitrogen and oxygen atoms in total. The molecule has 1 aromatic heterocycles. The molecule has 0 bridgehead atoms. The van der Waals surface area contributed by atoms with Crippen LogP contribution in [0.4, 0.5) is 0 Å². The van der Waals surface area contributed by atoms with Gasteiger partial charge >= 0.3 is 0 Å². The van der Waals surface area contributed by atoms with Crippen molar-refractivity contribution in [2.24, 2.45) is 7.05 Å². The van der Waals surface area contributed by atoms with Crippen LogP contribution in [0, 0.1) is 6.92 Å². The molecule has 0 aromatic carbocycles. The third-order valence-electron chi connectivity index (χ3n) is 1.67. The standard InChI is InChI=1S/C8H10Cl2N2/c1-5(4-9)7-6(2)11-12(3)8(7)10/h1,4H2,2-3H3. The number of hydrogen-bond acceptors (Lipinski definition) is 1. The van der Waals surface area contributed by atoms with Crippen LogP contribution in [0.3, 0.4) is 0 Å². The monoisotopic (exact) mass is 204 g/mol. The molecule has 0 unspecified atom stereocenters. The number of hydrogen-bond donors (Lipinski definition) is 0. The molecule has 0 amide bonds. The first-order chi connectivity index (χ1) is 5.57. The highest BCUT2D eigenvalue weighted by molar-refractivity contribution is 6.32. The highest BCUT2D eigenvalue weighted by Gasteiger charge is 2.12. The summed E-state index contributed by atoms with van der Waals surface area (Å²) in [6.45, 7) is 5.70. The first-order valence-electron chi connectivity index (χ1n) is 3.51. The van der Waals surface area contributed by atoms with Gasteiger partial charge in [0.2, 0.25) is 0 Å². The van der Waals surface area contributed by atoms with E-state index < -0.39 is 0 Å². The zero-order valence-electron chi connectivity index (χ0n) is 7.06. The first-order valence-corrected chi connectivity index (χ1v) is 4.42. The summed E-state index contributed by atoms with van der Waals surface area (Å²) in [5.41, 5.74) is 2.55. The van der Waals surface area contributed by atoms with Crippen LogP contribution in [0.1, 0.15) is 11.3 Å². The third-order valence-corrected chi connectivity index (χ3v) is 2.42. The first kappa shape index (κ1) is 9.62. The number of alkyl halides is 1. The molecule has 0 saturated carbocycles. The summed E-state index contributed by atoms with van der Waals surface area (Å²) >= 11 is 11.6. The fourth-order valence-corrected chi connectivity index (χ4v) is 1.54. The molecule has 0 spiro atoms. The Morgan fingerprint density at radius 1 is 1.67 bits per heavy atom. The van der Waals surface area contributed by atoms with E-state index in [9.17, 15) is 0 Å². The Kier molecular flexibility index (Phi) is 2.80. The van der Waals surface area contributed by atoms with Crippen LogP contribution in [-0.4, -0.2) is 15.7 Å². The SMILES string of the molecule is C=C(CCl)c1c(C)nn(C)c1Cl. The predicted octanol–water partition coefficient (Wildman–Crippen LogP) is 2.63. The molecule has 0 saturated heterocycles. The number of rotatable bonds is 2. The average molecular weight is 205 g/mol. The van der Waals surface area contributed by atoms with E-state index in [0.29, 0.717) is 11.0 Å². The molecule has 0 atom stereocenters. The van der Waals surface area contributed by atoms with Crippen LogP contribution in [0.25, 0.3) is 5.57 Å². The van der Waals surface area contributed by atoms with Crippen LogP contribution in [0.2, 0.25) is 5.15 Å². The summed E-state index contributed by atoms with van der Waals surface area (Å²) < 4.78 is 1.62. The maximum Gasteiger partial charge on any atom is 0.134 e. The van der Waals surface area contributed by atoms with Gasteiger partial charge in [-0.05, 0) is 12.5 Å². The number of halogens is 2. The van der Waals surface area contributed by atoms with Crippen molar-refractivity contribution in [1.29, 1.82) is 0 Å². The van der Waals surface area contributed by atoms with Gasteiger partial charge in [-0.15, -0.1) is 11.6 Å². The largest absolute Gasteiger partial charge is 0.256 e. The van der Waals surface area contributed by atoms with Crippen molar-refractivity contribution < 1.29 is 0 Å². The van der Waals surface area contributed by atoms with Gasteiger partial charge in [0, 0.05) is 18.5 Å². The molecule has 1 rings (SSSR count). The Labute approximate surface area is 81.8 Å². The van der Waals surface area contributed by atoms with Crippen molar-refractivity contribution in [2.45, 2.75) is 6.92 Å². The maximum atomic E-state index is 5.97. The minimum Gasteiger partial charge on any atom is -0.256 e. The lowest BCUT2D eigenvalue weighted by atomic mass is 10.1. The van der Waals surface area contributed by atoms with Gasteiger partial charge in [-0.3, -0.25) is 4.68 Å². The molecule has 0 N–H and O–H groups in total. The second kappa shape index (κ2) is 3.50. The summed E-state index contributed by atoms with van der Waals surface area (Å²) in [5, 5.41) is 4.74. The molecular weight excluding hydrogens is 195 g/mol. The van der Waals surface area contributed by atoms with E-state index in [0.717, 1.165) is 16.8 Å². The van der Waals surface area contributed by atoms with Crippen molar-refractivity contribution in [3.8, 4) is 0 Å². The molecule has 0 fully saturated rings. The quantitative estimate of drug-likeness (QED) is 0.678. The third kappa shape index (κ3) is 1.50. The highest BCUT2D eigenvalue weighted by Crippen LogP contribution is 2.25. The Morgan fingerprint density at radius 2 is 2.25 bits per heavy atom. The van der Waals surface area contributed by atoms with E-state index in [1.54, 1.807) is 11.7 Å². The molecule has 0 radical (unpaired) electrons. The van der Waals surface area contributed by atoms with Gasteiger partial charge in [0.1, 0.15) is 5.15 Å². The van der Waals surface area contributed by atoms with Crippen molar-refractivity contribution in [1.82, 2.24) is 9.78 Å². The van der Waals surface area contributed by atoms with Crippen molar-refractivity contribution in [3.63, 3.8) is 0 Å². The van der Waals surface area contributed by atoms with E-state index in [2.05, 4.69) is 11.7 Å². The second-order valence-corrected chi connectivity index (χ2v) is 3.24. The molecule has 0 aliphatic carbocycles. The number of allylic oxidation sites excluding steroid dienone is 1. The molecule has 1 aromatic rings. The lowest BCUT2D eigenvalue weighted by molar-refractivity contribution is 0.757. The Bertz CT molecular complexity index is 315. The summed E-state index contributed by atoms with van der Waals surface area (Å²) in [4.78, 5) is 0. The van der Waals surface area contributed by atoms with E-state index in [1.165, 1.54) is 0 Å². The van der Waals surface area contributed by atoms with Crippen molar-refractivity contribution >= 4 is 28.8 Å². The molecule has 1 heterocycles. The van der Waals surface area contributed by atoms with E-state index in [1.807, 2.05) is 6.92 Å².